The number of likely N-dealkylation sites (tertiary alicyclic amines) is 1. The van der Waals surface area contributed by atoms with Gasteiger partial charge >= 0.3 is 29.6 Å². The van der Waals surface area contributed by atoms with Crippen molar-refractivity contribution >= 4 is 52.8 Å². The molecule has 1 saturated heterocycles. The van der Waals surface area contributed by atoms with Crippen molar-refractivity contribution in [3.05, 3.63) is 59.8 Å². The molecule has 1 spiro atoms. The summed E-state index contributed by atoms with van der Waals surface area (Å²) in [7, 11) is 1.85. The summed E-state index contributed by atoms with van der Waals surface area (Å²) >= 11 is 0. The average molecular weight is 553 g/mol. The summed E-state index contributed by atoms with van der Waals surface area (Å²) in [5.41, 5.74) is 1.89. The molecular weight excluding hydrogens is 523 g/mol. The number of ketones is 1. The van der Waals surface area contributed by atoms with E-state index in [1.165, 1.54) is 0 Å². The number of aryl methyl sites for hydroxylation is 1. The zero-order valence-electron chi connectivity index (χ0n) is 21.7. The van der Waals surface area contributed by atoms with E-state index < -0.39 is 5.60 Å². The Morgan fingerprint density at radius 3 is 2.70 bits per heavy atom. The maximum absolute atomic E-state index is 13.5. The zero-order chi connectivity index (χ0) is 27.0. The number of aromatic nitrogens is 6. The molecule has 40 heavy (non-hydrogen) atoms. The third-order valence-electron chi connectivity index (χ3n) is 7.23. The quantitative estimate of drug-likeness (QED) is 0.346. The van der Waals surface area contributed by atoms with Crippen LogP contribution in [-0.2, 0) is 7.05 Å². The van der Waals surface area contributed by atoms with Crippen molar-refractivity contribution in [1.29, 1.82) is 0 Å². The van der Waals surface area contributed by atoms with Gasteiger partial charge in [0.1, 0.15) is 22.9 Å². The number of benzene rings is 2. The first kappa shape index (κ1) is 27.8. The van der Waals surface area contributed by atoms with E-state index in [2.05, 4.69) is 31.0 Å². The normalized spacial score (nSPS) is 15.7. The molecule has 0 radical (unpaired) electrons. The summed E-state index contributed by atoms with van der Waals surface area (Å²) < 4.78 is 13.9. The molecule has 2 aliphatic rings. The summed E-state index contributed by atoms with van der Waals surface area (Å²) in [5.74, 6) is 2.35. The van der Waals surface area contributed by atoms with Crippen LogP contribution >= 0.6 is 0 Å². The summed E-state index contributed by atoms with van der Waals surface area (Å²) in [5, 5.41) is 21.4. The molecule has 202 valence electrons. The van der Waals surface area contributed by atoms with Gasteiger partial charge in [0.05, 0.1) is 24.8 Å². The van der Waals surface area contributed by atoms with E-state index in [0.29, 0.717) is 66.6 Å². The summed E-state index contributed by atoms with van der Waals surface area (Å²) in [4.78, 5) is 28.5. The molecule has 0 saturated carbocycles. The Kier molecular flexibility index (Phi) is 7.92. The molecule has 1 fully saturated rings. The molecule has 2 aromatic carbocycles. The number of nitrogens with zero attached hydrogens (tertiary/aromatic N) is 6. The van der Waals surface area contributed by atoms with Crippen molar-refractivity contribution in [1.82, 2.24) is 35.3 Å². The minimum atomic E-state index is -0.623. The number of fused-ring (bicyclic) bond motifs is 1. The molecule has 1 amide bonds. The first-order chi connectivity index (χ1) is 18.9. The number of ether oxygens (including phenoxy) is 2. The molecule has 2 aromatic heterocycles. The Labute approximate surface area is 252 Å². The fourth-order valence-electron chi connectivity index (χ4n) is 5.19. The third kappa shape index (κ3) is 5.47. The van der Waals surface area contributed by atoms with Gasteiger partial charge in [-0.15, -0.1) is 5.10 Å². The molecule has 0 unspecified atom stereocenters. The number of carbonyl (C=O) groups is 2. The van der Waals surface area contributed by atoms with Gasteiger partial charge in [0.25, 0.3) is 5.91 Å². The number of nitrogens with one attached hydrogen (secondary N) is 2. The second-order valence-electron chi connectivity index (χ2n) is 9.78. The van der Waals surface area contributed by atoms with Crippen LogP contribution in [0.25, 0.3) is 11.4 Å². The zero-order valence-corrected chi connectivity index (χ0v) is 21.7. The van der Waals surface area contributed by atoms with Crippen molar-refractivity contribution in [3.8, 4) is 22.9 Å². The van der Waals surface area contributed by atoms with Gasteiger partial charge in [-0.1, -0.05) is 0 Å². The minimum absolute atomic E-state index is 0. The predicted octanol–water partition coefficient (Wildman–Crippen LogP) is 2.73. The summed E-state index contributed by atoms with van der Waals surface area (Å²) in [6, 6.07) is 12.7. The van der Waals surface area contributed by atoms with Gasteiger partial charge in [0, 0.05) is 55.9 Å². The second-order valence-corrected chi connectivity index (χ2v) is 9.78. The monoisotopic (exact) mass is 552 g/mol. The van der Waals surface area contributed by atoms with Crippen molar-refractivity contribution in [3.63, 3.8) is 0 Å². The van der Waals surface area contributed by atoms with E-state index in [1.54, 1.807) is 34.0 Å². The Morgan fingerprint density at radius 2 is 2.00 bits per heavy atom. The Morgan fingerprint density at radius 1 is 1.18 bits per heavy atom. The Hall–Kier alpha value is -3.74. The number of rotatable bonds is 6. The van der Waals surface area contributed by atoms with E-state index in [9.17, 15) is 9.59 Å². The molecule has 0 aliphatic carbocycles. The van der Waals surface area contributed by atoms with E-state index in [-0.39, 0.29) is 47.7 Å². The number of Topliss-reactive ketones (excluding diaryl/α,β-unsaturated/α-hetero) is 1. The third-order valence-corrected chi connectivity index (χ3v) is 7.23. The number of H-pyrrole nitrogens is 1. The number of amides is 1. The van der Waals surface area contributed by atoms with E-state index in [1.807, 2.05) is 38.2 Å². The fourth-order valence-corrected chi connectivity index (χ4v) is 5.19. The number of anilines is 2. The van der Waals surface area contributed by atoms with Crippen LogP contribution in [0.5, 0.6) is 11.5 Å². The predicted molar refractivity (Wildman–Crippen MR) is 148 cm³/mol. The maximum atomic E-state index is 13.5. The van der Waals surface area contributed by atoms with Gasteiger partial charge in [-0.3, -0.25) is 14.3 Å². The first-order valence-electron chi connectivity index (χ1n) is 12.9. The van der Waals surface area contributed by atoms with Gasteiger partial charge in [-0.2, -0.15) is 5.10 Å². The topological polar surface area (TPSA) is 140 Å². The summed E-state index contributed by atoms with van der Waals surface area (Å²) in [6.45, 7) is 3.29. The van der Waals surface area contributed by atoms with E-state index in [4.69, 9.17) is 9.47 Å². The van der Waals surface area contributed by atoms with Crippen LogP contribution in [0.2, 0.25) is 0 Å². The number of tetrazole rings is 1. The fraction of sp³-hybridized carbons (Fsp3) is 0.333. The van der Waals surface area contributed by atoms with Gasteiger partial charge in [-0.05, 0) is 53.7 Å². The first-order valence-corrected chi connectivity index (χ1v) is 12.9. The van der Waals surface area contributed by atoms with Gasteiger partial charge < -0.3 is 19.7 Å². The van der Waals surface area contributed by atoms with Crippen molar-refractivity contribution in [2.45, 2.75) is 31.8 Å². The average Bonchev–Trinajstić information content (AvgIpc) is 3.62. The van der Waals surface area contributed by atoms with E-state index in [0.717, 1.165) is 11.5 Å². The van der Waals surface area contributed by atoms with Crippen molar-refractivity contribution in [2.24, 2.45) is 7.05 Å². The molecule has 4 heterocycles. The van der Waals surface area contributed by atoms with Gasteiger partial charge in [-0.25, -0.2) is 5.10 Å². The molecule has 0 bridgehead atoms. The molecule has 12 nitrogen and oxygen atoms in total. The van der Waals surface area contributed by atoms with Crippen LogP contribution in [0.15, 0.2) is 48.7 Å². The van der Waals surface area contributed by atoms with Crippen LogP contribution in [0.4, 0.5) is 11.5 Å². The van der Waals surface area contributed by atoms with Crippen LogP contribution in [-0.4, -0.2) is 102 Å². The number of aromatic amines is 1. The molecule has 2 aliphatic heterocycles. The number of hydrogen-bond donors (Lipinski definition) is 2. The van der Waals surface area contributed by atoms with Gasteiger partial charge in [0.2, 0.25) is 0 Å². The van der Waals surface area contributed by atoms with Crippen LogP contribution in [0.1, 0.15) is 46.9 Å². The standard InChI is InChI=1S/C27H28N8O4.Na.H/c1-3-38-20-13-17(25-30-32-33-31-25)12-18(14-20)26(37)35-10-7-27(8-11-35)16-22(36)21-15-19(4-5-23(21)39-27)29-24-6-9-28-34(24)2;;/h4-6,9,12-15,29H,3,7-8,10-11,16H2,1-2H3,(H,30,31,32,33);;. The molecule has 4 aromatic rings. The molecule has 2 N–H and O–H groups in total. The Balaban J connectivity index is 0.00000323. The number of piperidine rings is 1. The molecule has 6 rings (SSSR count). The molecule has 13 heteroatoms. The number of hydrogen-bond acceptors (Lipinski definition) is 9. The van der Waals surface area contributed by atoms with Crippen LogP contribution in [0.3, 0.4) is 0 Å². The summed E-state index contributed by atoms with van der Waals surface area (Å²) in [6.07, 6.45) is 3.10. The van der Waals surface area contributed by atoms with Crippen LogP contribution < -0.4 is 14.8 Å². The van der Waals surface area contributed by atoms with Crippen molar-refractivity contribution in [2.75, 3.05) is 25.0 Å². The van der Waals surface area contributed by atoms with E-state index >= 15 is 0 Å². The Bertz CT molecular complexity index is 1530. The van der Waals surface area contributed by atoms with Crippen LogP contribution in [0, 0.1) is 0 Å². The number of carbonyl (C=O) groups excluding carboxylic acids is 2. The second kappa shape index (κ2) is 11.4. The SMILES string of the molecule is CCOc1cc(C(=O)N2CCC3(CC2)CC(=O)c2cc(Nc4ccnn4C)ccc2O3)cc(-c2nnn[nH]2)c1.[NaH]. The molecular formula is C27H29N8NaO4. The van der Waals surface area contributed by atoms with Crippen molar-refractivity contribution < 1.29 is 19.1 Å². The van der Waals surface area contributed by atoms with Gasteiger partial charge in [0.15, 0.2) is 11.6 Å². The molecule has 0 atom stereocenters.